The minimum atomic E-state index is -1.05. The lowest BCUT2D eigenvalue weighted by atomic mass is 9.71. The highest BCUT2D eigenvalue weighted by atomic mass is 16.3. The van der Waals surface area contributed by atoms with Crippen LogP contribution in [-0.2, 0) is 4.79 Å². The Morgan fingerprint density at radius 1 is 1.70 bits per heavy atom. The molecule has 0 atom stereocenters. The number of likely N-dealkylation sites (N-methyl/N-ethyl adjacent to an activating group) is 1. The monoisotopic (exact) mass is 143 g/mol. The number of amides is 1. The molecular formula is C7H13NO2. The van der Waals surface area contributed by atoms with Crippen LogP contribution in [0.25, 0.3) is 0 Å². The topological polar surface area (TPSA) is 49.3 Å². The van der Waals surface area contributed by atoms with E-state index in [9.17, 15) is 9.90 Å². The van der Waals surface area contributed by atoms with Crippen molar-refractivity contribution in [2.75, 3.05) is 7.05 Å². The summed E-state index contributed by atoms with van der Waals surface area (Å²) in [5.74, 6) is 0.243. The van der Waals surface area contributed by atoms with Crippen molar-refractivity contribution in [2.24, 2.45) is 5.92 Å². The van der Waals surface area contributed by atoms with E-state index in [1.165, 1.54) is 0 Å². The van der Waals surface area contributed by atoms with E-state index >= 15 is 0 Å². The minimum absolute atomic E-state index is 0.245. The highest BCUT2D eigenvalue weighted by molar-refractivity contribution is 5.85. The van der Waals surface area contributed by atoms with Crippen LogP contribution >= 0.6 is 0 Å². The van der Waals surface area contributed by atoms with E-state index in [4.69, 9.17) is 0 Å². The summed E-state index contributed by atoms with van der Waals surface area (Å²) < 4.78 is 0. The van der Waals surface area contributed by atoms with E-state index in [0.717, 1.165) is 0 Å². The Labute approximate surface area is 60.4 Å². The van der Waals surface area contributed by atoms with Gasteiger partial charge in [0, 0.05) is 7.05 Å². The molecular weight excluding hydrogens is 130 g/mol. The van der Waals surface area contributed by atoms with Gasteiger partial charge in [0.1, 0.15) is 5.60 Å². The molecule has 0 bridgehead atoms. The fourth-order valence-corrected chi connectivity index (χ4v) is 1.51. The zero-order valence-electron chi connectivity index (χ0n) is 6.35. The van der Waals surface area contributed by atoms with E-state index in [1.54, 1.807) is 7.05 Å². The highest BCUT2D eigenvalue weighted by Gasteiger charge is 2.45. The first kappa shape index (κ1) is 7.54. The molecule has 0 aromatic heterocycles. The van der Waals surface area contributed by atoms with Gasteiger partial charge in [0.15, 0.2) is 0 Å². The van der Waals surface area contributed by atoms with Crippen LogP contribution in [0.3, 0.4) is 0 Å². The maximum atomic E-state index is 10.9. The van der Waals surface area contributed by atoms with Crippen LogP contribution in [0.4, 0.5) is 0 Å². The Morgan fingerprint density at radius 3 is 2.50 bits per heavy atom. The summed E-state index contributed by atoms with van der Waals surface area (Å²) in [6.07, 6.45) is 1.21. The van der Waals surface area contributed by atoms with Crippen LogP contribution in [0.5, 0.6) is 0 Å². The van der Waals surface area contributed by atoms with Gasteiger partial charge in [-0.3, -0.25) is 4.79 Å². The highest BCUT2D eigenvalue weighted by Crippen LogP contribution is 2.37. The van der Waals surface area contributed by atoms with Crippen molar-refractivity contribution >= 4 is 5.91 Å². The SMILES string of the molecule is CNC(=O)C1(O)CC(C)C1. The molecule has 0 radical (unpaired) electrons. The number of hydrogen-bond donors (Lipinski definition) is 2. The Hall–Kier alpha value is -0.570. The largest absolute Gasteiger partial charge is 0.380 e. The van der Waals surface area contributed by atoms with Crippen molar-refractivity contribution in [3.8, 4) is 0 Å². The zero-order chi connectivity index (χ0) is 7.78. The summed E-state index contributed by atoms with van der Waals surface area (Å²) in [6, 6.07) is 0. The molecule has 3 heteroatoms. The van der Waals surface area contributed by atoms with E-state index in [2.05, 4.69) is 5.32 Å². The fraction of sp³-hybridized carbons (Fsp3) is 0.857. The van der Waals surface area contributed by atoms with Crippen molar-refractivity contribution in [3.05, 3.63) is 0 Å². The summed E-state index contributed by atoms with van der Waals surface area (Å²) in [4.78, 5) is 10.9. The van der Waals surface area contributed by atoms with Gasteiger partial charge in [-0.25, -0.2) is 0 Å². The van der Waals surface area contributed by atoms with Crippen molar-refractivity contribution in [1.82, 2.24) is 5.32 Å². The van der Waals surface area contributed by atoms with Gasteiger partial charge >= 0.3 is 0 Å². The van der Waals surface area contributed by atoms with Gasteiger partial charge < -0.3 is 10.4 Å². The lowest BCUT2D eigenvalue weighted by molar-refractivity contribution is -0.153. The third kappa shape index (κ3) is 1.01. The maximum Gasteiger partial charge on any atom is 0.251 e. The van der Waals surface area contributed by atoms with Crippen molar-refractivity contribution in [2.45, 2.75) is 25.4 Å². The van der Waals surface area contributed by atoms with Crippen LogP contribution in [0.2, 0.25) is 0 Å². The van der Waals surface area contributed by atoms with Crippen molar-refractivity contribution < 1.29 is 9.90 Å². The fourth-order valence-electron chi connectivity index (χ4n) is 1.51. The smallest absolute Gasteiger partial charge is 0.251 e. The first-order valence-electron chi connectivity index (χ1n) is 3.53. The third-order valence-corrected chi connectivity index (χ3v) is 2.02. The molecule has 1 rings (SSSR count). The number of rotatable bonds is 1. The molecule has 2 N–H and O–H groups in total. The Balaban J connectivity index is 2.48. The second kappa shape index (κ2) is 2.23. The number of aliphatic hydroxyl groups is 1. The number of hydrogen-bond acceptors (Lipinski definition) is 2. The lowest BCUT2D eigenvalue weighted by Crippen LogP contribution is -2.54. The van der Waals surface area contributed by atoms with E-state index in [-0.39, 0.29) is 5.91 Å². The summed E-state index contributed by atoms with van der Waals surface area (Å²) in [5.41, 5.74) is -1.05. The van der Waals surface area contributed by atoms with Gasteiger partial charge in [0.05, 0.1) is 0 Å². The van der Waals surface area contributed by atoms with Crippen LogP contribution in [-0.4, -0.2) is 23.7 Å². The molecule has 0 aromatic rings. The average Bonchev–Trinajstić information content (AvgIpc) is 1.83. The zero-order valence-corrected chi connectivity index (χ0v) is 6.35. The molecule has 1 aliphatic carbocycles. The van der Waals surface area contributed by atoms with E-state index < -0.39 is 5.60 Å². The Morgan fingerprint density at radius 2 is 2.20 bits per heavy atom. The molecule has 0 aliphatic heterocycles. The molecule has 3 nitrogen and oxygen atoms in total. The van der Waals surface area contributed by atoms with Crippen molar-refractivity contribution in [3.63, 3.8) is 0 Å². The number of nitrogens with one attached hydrogen (secondary N) is 1. The molecule has 58 valence electrons. The molecule has 0 saturated heterocycles. The van der Waals surface area contributed by atoms with Crippen molar-refractivity contribution in [1.29, 1.82) is 0 Å². The average molecular weight is 143 g/mol. The van der Waals surface area contributed by atoms with Crippen LogP contribution in [0, 0.1) is 5.92 Å². The molecule has 1 fully saturated rings. The van der Waals surface area contributed by atoms with Gasteiger partial charge in [0.2, 0.25) is 0 Å². The quantitative estimate of drug-likeness (QED) is 0.538. The lowest BCUT2D eigenvalue weighted by Gasteiger charge is -2.39. The van der Waals surface area contributed by atoms with Gasteiger partial charge in [-0.05, 0) is 18.8 Å². The number of carbonyl (C=O) groups is 1. The van der Waals surface area contributed by atoms with Gasteiger partial charge in [-0.15, -0.1) is 0 Å². The Kier molecular flexibility index (Phi) is 1.68. The summed E-state index contributed by atoms with van der Waals surface area (Å²) in [5, 5.41) is 11.9. The standard InChI is InChI=1S/C7H13NO2/c1-5-3-7(10,4-5)6(9)8-2/h5,10H,3-4H2,1-2H3,(H,8,9). The molecule has 0 heterocycles. The van der Waals surface area contributed by atoms with Gasteiger partial charge in [-0.2, -0.15) is 0 Å². The maximum absolute atomic E-state index is 10.9. The molecule has 1 amide bonds. The molecule has 0 aromatic carbocycles. The minimum Gasteiger partial charge on any atom is -0.380 e. The molecule has 1 saturated carbocycles. The third-order valence-electron chi connectivity index (χ3n) is 2.02. The summed E-state index contributed by atoms with van der Waals surface area (Å²) >= 11 is 0. The second-order valence-corrected chi connectivity index (χ2v) is 3.12. The number of carbonyl (C=O) groups excluding carboxylic acids is 1. The molecule has 0 spiro atoms. The molecule has 1 aliphatic rings. The molecule has 0 unspecified atom stereocenters. The van der Waals surface area contributed by atoms with Gasteiger partial charge in [-0.1, -0.05) is 6.92 Å². The first-order valence-corrected chi connectivity index (χ1v) is 3.53. The predicted octanol–water partition coefficient (Wildman–Crippen LogP) is -0.107. The second-order valence-electron chi connectivity index (χ2n) is 3.12. The molecule has 10 heavy (non-hydrogen) atoms. The predicted molar refractivity (Wildman–Crippen MR) is 37.4 cm³/mol. The van der Waals surface area contributed by atoms with Crippen LogP contribution in [0.1, 0.15) is 19.8 Å². The summed E-state index contributed by atoms with van der Waals surface area (Å²) in [7, 11) is 1.54. The van der Waals surface area contributed by atoms with E-state index in [1.807, 2.05) is 6.92 Å². The van der Waals surface area contributed by atoms with Crippen LogP contribution < -0.4 is 5.32 Å². The summed E-state index contributed by atoms with van der Waals surface area (Å²) in [6.45, 7) is 2.03. The normalized spacial score (nSPS) is 38.5. The van der Waals surface area contributed by atoms with E-state index in [0.29, 0.717) is 18.8 Å². The van der Waals surface area contributed by atoms with Crippen LogP contribution in [0.15, 0.2) is 0 Å². The Bertz CT molecular complexity index is 150. The van der Waals surface area contributed by atoms with Gasteiger partial charge in [0.25, 0.3) is 5.91 Å². The first-order chi connectivity index (χ1) is 4.58.